The van der Waals surface area contributed by atoms with Crippen molar-refractivity contribution in [2.24, 2.45) is 0 Å². The molecule has 0 aliphatic heterocycles. The van der Waals surface area contributed by atoms with Gasteiger partial charge < -0.3 is 5.32 Å². The van der Waals surface area contributed by atoms with E-state index in [-0.39, 0.29) is 11.9 Å². The molecule has 0 unspecified atom stereocenters. The number of amides is 1. The van der Waals surface area contributed by atoms with Crippen molar-refractivity contribution >= 4 is 11.7 Å². The molecule has 1 N–H and O–H groups in total. The summed E-state index contributed by atoms with van der Waals surface area (Å²) in [6.07, 6.45) is 2.74. The van der Waals surface area contributed by atoms with Gasteiger partial charge in [-0.2, -0.15) is 0 Å². The van der Waals surface area contributed by atoms with Crippen LogP contribution in [0.2, 0.25) is 0 Å². The Balaban J connectivity index is 1.99. The monoisotopic (exact) mass is 245 g/mol. The van der Waals surface area contributed by atoms with Crippen LogP contribution < -0.4 is 5.32 Å². The van der Waals surface area contributed by atoms with Crippen LogP contribution in [-0.4, -0.2) is 17.7 Å². The third-order valence-electron chi connectivity index (χ3n) is 3.65. The number of hydrogen-bond donors (Lipinski definition) is 1. The molecule has 0 bridgehead atoms. The van der Waals surface area contributed by atoms with Crippen molar-refractivity contribution in [1.82, 2.24) is 5.32 Å². The van der Waals surface area contributed by atoms with Crippen molar-refractivity contribution in [2.75, 3.05) is 0 Å². The summed E-state index contributed by atoms with van der Waals surface area (Å²) in [6, 6.07) is 5.88. The van der Waals surface area contributed by atoms with Gasteiger partial charge >= 0.3 is 0 Å². The van der Waals surface area contributed by atoms with Crippen molar-refractivity contribution in [3.8, 4) is 0 Å². The van der Waals surface area contributed by atoms with Crippen LogP contribution in [0.4, 0.5) is 0 Å². The van der Waals surface area contributed by atoms with Crippen molar-refractivity contribution in [2.45, 2.75) is 45.6 Å². The topological polar surface area (TPSA) is 46.2 Å². The second-order valence-corrected chi connectivity index (χ2v) is 5.09. The fraction of sp³-hybridized carbons (Fsp3) is 0.467. The number of aryl methyl sites for hydroxylation is 2. The van der Waals surface area contributed by atoms with E-state index in [9.17, 15) is 9.59 Å². The van der Waals surface area contributed by atoms with Gasteiger partial charge in [0, 0.05) is 24.4 Å². The van der Waals surface area contributed by atoms with Crippen LogP contribution >= 0.6 is 0 Å². The average Bonchev–Trinajstić information content (AvgIpc) is 2.35. The predicted molar refractivity (Wildman–Crippen MR) is 70.6 cm³/mol. The first-order valence-electron chi connectivity index (χ1n) is 6.46. The van der Waals surface area contributed by atoms with E-state index in [0.717, 1.165) is 18.4 Å². The number of carbonyl (C=O) groups excluding carboxylic acids is 2. The van der Waals surface area contributed by atoms with E-state index in [1.54, 1.807) is 0 Å². The summed E-state index contributed by atoms with van der Waals surface area (Å²) in [5.41, 5.74) is 3.02. The highest BCUT2D eigenvalue weighted by Crippen LogP contribution is 2.16. The van der Waals surface area contributed by atoms with Gasteiger partial charge in [-0.15, -0.1) is 0 Å². The number of hydrogen-bond acceptors (Lipinski definition) is 2. The number of ketones is 1. The van der Waals surface area contributed by atoms with Gasteiger partial charge in [-0.25, -0.2) is 0 Å². The molecule has 0 radical (unpaired) electrons. The van der Waals surface area contributed by atoms with E-state index >= 15 is 0 Å². The molecule has 2 rings (SSSR count). The van der Waals surface area contributed by atoms with Crippen LogP contribution in [0.25, 0.3) is 0 Å². The van der Waals surface area contributed by atoms with Crippen molar-refractivity contribution in [1.29, 1.82) is 0 Å². The number of Topliss-reactive ketones (excluding diaryl/α,β-unsaturated/α-hetero) is 1. The Morgan fingerprint density at radius 1 is 1.17 bits per heavy atom. The molecular weight excluding hydrogens is 226 g/mol. The molecule has 18 heavy (non-hydrogen) atoms. The maximum absolute atomic E-state index is 12.1. The lowest BCUT2D eigenvalue weighted by molar-refractivity contribution is -0.120. The van der Waals surface area contributed by atoms with Gasteiger partial charge in [0.25, 0.3) is 5.91 Å². The van der Waals surface area contributed by atoms with Gasteiger partial charge in [-0.05, 0) is 49.9 Å². The minimum atomic E-state index is -0.0301. The highest BCUT2D eigenvalue weighted by Gasteiger charge is 2.20. The first kappa shape index (κ1) is 12.8. The summed E-state index contributed by atoms with van der Waals surface area (Å²) >= 11 is 0. The van der Waals surface area contributed by atoms with Gasteiger partial charge in [0.15, 0.2) is 0 Å². The fourth-order valence-electron chi connectivity index (χ4n) is 2.24. The van der Waals surface area contributed by atoms with Crippen molar-refractivity contribution in [3.05, 3.63) is 34.9 Å². The minimum Gasteiger partial charge on any atom is -0.349 e. The zero-order valence-corrected chi connectivity index (χ0v) is 11.0. The van der Waals surface area contributed by atoms with Gasteiger partial charge in [-0.1, -0.05) is 6.07 Å². The van der Waals surface area contributed by atoms with Gasteiger partial charge in [0.1, 0.15) is 5.78 Å². The molecule has 0 heterocycles. The van der Waals surface area contributed by atoms with Crippen LogP contribution in [0.5, 0.6) is 0 Å². The molecule has 3 nitrogen and oxygen atoms in total. The van der Waals surface area contributed by atoms with Crippen molar-refractivity contribution in [3.63, 3.8) is 0 Å². The Morgan fingerprint density at radius 2 is 1.83 bits per heavy atom. The van der Waals surface area contributed by atoms with Crippen LogP contribution in [0.3, 0.4) is 0 Å². The lowest BCUT2D eigenvalue weighted by Gasteiger charge is -2.22. The minimum absolute atomic E-state index is 0.0301. The Labute approximate surface area is 108 Å². The Hall–Kier alpha value is -1.64. The number of rotatable bonds is 2. The van der Waals surface area contributed by atoms with Crippen LogP contribution in [0.15, 0.2) is 18.2 Å². The van der Waals surface area contributed by atoms with Crippen molar-refractivity contribution < 1.29 is 9.59 Å². The molecule has 1 aliphatic rings. The first-order valence-corrected chi connectivity index (χ1v) is 6.46. The normalized spacial score (nSPS) is 16.7. The highest BCUT2D eigenvalue weighted by atomic mass is 16.1. The van der Waals surface area contributed by atoms with E-state index in [2.05, 4.69) is 5.32 Å². The second kappa shape index (κ2) is 5.34. The molecule has 3 heteroatoms. The molecule has 0 aromatic heterocycles. The molecule has 0 atom stereocenters. The zero-order chi connectivity index (χ0) is 13.1. The third-order valence-corrected chi connectivity index (χ3v) is 3.65. The van der Waals surface area contributed by atoms with Crippen LogP contribution in [0, 0.1) is 13.8 Å². The van der Waals surface area contributed by atoms with E-state index < -0.39 is 0 Å². The van der Waals surface area contributed by atoms with Gasteiger partial charge in [0.2, 0.25) is 0 Å². The van der Waals surface area contributed by atoms with E-state index in [1.165, 1.54) is 5.56 Å². The molecular formula is C15H19NO2. The maximum Gasteiger partial charge on any atom is 0.251 e. The molecule has 1 aromatic carbocycles. The summed E-state index contributed by atoms with van der Waals surface area (Å²) in [6.45, 7) is 4.04. The molecule has 96 valence electrons. The first-order chi connectivity index (χ1) is 8.56. The van der Waals surface area contributed by atoms with E-state index in [0.29, 0.717) is 24.2 Å². The lowest BCUT2D eigenvalue weighted by atomic mass is 9.94. The Kier molecular flexibility index (Phi) is 3.80. The largest absolute Gasteiger partial charge is 0.349 e. The molecule has 1 saturated carbocycles. The molecule has 0 saturated heterocycles. The predicted octanol–water partition coefficient (Wildman–Crippen LogP) is 2.54. The van der Waals surface area contributed by atoms with Crippen LogP contribution in [-0.2, 0) is 4.79 Å². The number of carbonyl (C=O) groups is 2. The Bertz CT molecular complexity index is 469. The van der Waals surface area contributed by atoms with Gasteiger partial charge in [-0.3, -0.25) is 9.59 Å². The zero-order valence-electron chi connectivity index (χ0n) is 11.0. The number of nitrogens with one attached hydrogen (secondary N) is 1. The summed E-state index contributed by atoms with van der Waals surface area (Å²) in [7, 11) is 0. The number of benzene rings is 1. The smallest absolute Gasteiger partial charge is 0.251 e. The lowest BCUT2D eigenvalue weighted by Crippen LogP contribution is -2.37. The highest BCUT2D eigenvalue weighted by molar-refractivity contribution is 5.94. The quantitative estimate of drug-likeness (QED) is 0.870. The van der Waals surface area contributed by atoms with E-state index in [1.807, 2.05) is 32.0 Å². The van der Waals surface area contributed by atoms with Crippen LogP contribution in [0.1, 0.15) is 47.2 Å². The Morgan fingerprint density at radius 3 is 2.44 bits per heavy atom. The molecule has 1 aromatic rings. The summed E-state index contributed by atoms with van der Waals surface area (Å²) in [5, 5.41) is 3.01. The van der Waals surface area contributed by atoms with E-state index in [4.69, 9.17) is 0 Å². The SMILES string of the molecule is Cc1ccc(C(=O)NC2CCC(=O)CC2)cc1C. The second-order valence-electron chi connectivity index (χ2n) is 5.09. The summed E-state index contributed by atoms with van der Waals surface area (Å²) in [4.78, 5) is 23.2. The molecule has 1 fully saturated rings. The maximum atomic E-state index is 12.1. The molecule has 0 spiro atoms. The third kappa shape index (κ3) is 2.97. The van der Waals surface area contributed by atoms with Gasteiger partial charge in [0.05, 0.1) is 0 Å². The summed E-state index contributed by atoms with van der Waals surface area (Å²) < 4.78 is 0. The average molecular weight is 245 g/mol. The molecule has 1 amide bonds. The standard InChI is InChI=1S/C15H19NO2/c1-10-3-4-12(9-11(10)2)15(18)16-13-5-7-14(17)8-6-13/h3-4,9,13H,5-8H2,1-2H3,(H,16,18). The fourth-order valence-corrected chi connectivity index (χ4v) is 2.24. The summed E-state index contributed by atoms with van der Waals surface area (Å²) in [5.74, 6) is 0.282. The molecule has 1 aliphatic carbocycles.